The molecule has 0 bridgehead atoms. The highest BCUT2D eigenvalue weighted by Crippen LogP contribution is 2.25. The standard InChI is InChI=1S/C14H19N3O3/c1-10-5-3-7-12(13(10)17(19)20)14(18)16-8-4-6-11(9-16)15-2/h3,5,7,11,15H,4,6,8-9H2,1-2H3. The zero-order valence-electron chi connectivity index (χ0n) is 11.8. The average Bonchev–Trinajstić information content (AvgIpc) is 2.45. The molecule has 1 fully saturated rings. The first-order valence-electron chi connectivity index (χ1n) is 6.75. The number of carbonyl (C=O) groups is 1. The van der Waals surface area contributed by atoms with Gasteiger partial charge in [-0.25, -0.2) is 0 Å². The maximum Gasteiger partial charge on any atom is 0.285 e. The van der Waals surface area contributed by atoms with E-state index < -0.39 is 4.92 Å². The van der Waals surface area contributed by atoms with Crippen molar-refractivity contribution in [2.45, 2.75) is 25.8 Å². The fourth-order valence-electron chi connectivity index (χ4n) is 2.64. The summed E-state index contributed by atoms with van der Waals surface area (Å²) in [6.45, 7) is 2.91. The Bertz CT molecular complexity index is 530. The molecular formula is C14H19N3O3. The molecule has 108 valence electrons. The topological polar surface area (TPSA) is 75.5 Å². The predicted molar refractivity (Wildman–Crippen MR) is 75.8 cm³/mol. The molecule has 1 aliphatic heterocycles. The maximum absolute atomic E-state index is 12.5. The number of piperidine rings is 1. The molecule has 0 aliphatic carbocycles. The third kappa shape index (κ3) is 2.80. The van der Waals surface area contributed by atoms with Crippen LogP contribution in [0, 0.1) is 17.0 Å². The highest BCUT2D eigenvalue weighted by atomic mass is 16.6. The van der Waals surface area contributed by atoms with Gasteiger partial charge in [-0.3, -0.25) is 14.9 Å². The molecule has 1 aromatic carbocycles. The third-order valence-corrected chi connectivity index (χ3v) is 3.77. The molecule has 1 amide bonds. The summed E-state index contributed by atoms with van der Waals surface area (Å²) in [7, 11) is 1.87. The van der Waals surface area contributed by atoms with E-state index >= 15 is 0 Å². The van der Waals surface area contributed by atoms with Gasteiger partial charge in [-0.2, -0.15) is 0 Å². The van der Waals surface area contributed by atoms with Crippen LogP contribution < -0.4 is 5.32 Å². The molecule has 1 unspecified atom stereocenters. The smallest absolute Gasteiger partial charge is 0.285 e. The number of rotatable bonds is 3. The molecular weight excluding hydrogens is 258 g/mol. The summed E-state index contributed by atoms with van der Waals surface area (Å²) in [5.41, 5.74) is 0.624. The molecule has 6 heteroatoms. The number of benzene rings is 1. The largest absolute Gasteiger partial charge is 0.337 e. The van der Waals surface area contributed by atoms with Crippen molar-refractivity contribution >= 4 is 11.6 Å². The van der Waals surface area contributed by atoms with Crippen molar-refractivity contribution in [3.63, 3.8) is 0 Å². The Morgan fingerprint density at radius 2 is 2.25 bits per heavy atom. The summed E-state index contributed by atoms with van der Waals surface area (Å²) >= 11 is 0. The molecule has 1 saturated heterocycles. The zero-order valence-corrected chi connectivity index (χ0v) is 11.8. The Balaban J connectivity index is 2.29. The number of nitro groups is 1. The van der Waals surface area contributed by atoms with Crippen LogP contribution in [-0.4, -0.2) is 41.9 Å². The first-order chi connectivity index (χ1) is 9.54. The molecule has 2 rings (SSSR count). The number of likely N-dealkylation sites (tertiary alicyclic amines) is 1. The summed E-state index contributed by atoms with van der Waals surface area (Å²) in [5.74, 6) is -0.250. The Morgan fingerprint density at radius 3 is 2.90 bits per heavy atom. The minimum atomic E-state index is -0.470. The van der Waals surface area contributed by atoms with Crippen LogP contribution in [0.3, 0.4) is 0 Å². The van der Waals surface area contributed by atoms with Crippen LogP contribution in [0.1, 0.15) is 28.8 Å². The number of nitrogens with one attached hydrogen (secondary N) is 1. The number of hydrogen-bond acceptors (Lipinski definition) is 4. The molecule has 20 heavy (non-hydrogen) atoms. The van der Waals surface area contributed by atoms with E-state index in [-0.39, 0.29) is 23.2 Å². The third-order valence-electron chi connectivity index (χ3n) is 3.77. The lowest BCUT2D eigenvalue weighted by atomic mass is 10.0. The van der Waals surface area contributed by atoms with Crippen molar-refractivity contribution in [1.82, 2.24) is 10.2 Å². The summed E-state index contributed by atoms with van der Waals surface area (Å²) in [6, 6.07) is 5.14. The normalized spacial score (nSPS) is 18.9. The first-order valence-corrected chi connectivity index (χ1v) is 6.75. The van der Waals surface area contributed by atoms with E-state index in [1.165, 1.54) is 6.07 Å². The van der Waals surface area contributed by atoms with Gasteiger partial charge in [0.25, 0.3) is 11.6 Å². The second kappa shape index (κ2) is 6.00. The zero-order chi connectivity index (χ0) is 14.7. The number of hydrogen-bond donors (Lipinski definition) is 1. The van der Waals surface area contributed by atoms with E-state index in [1.54, 1.807) is 24.0 Å². The van der Waals surface area contributed by atoms with Gasteiger partial charge in [-0.1, -0.05) is 12.1 Å². The number of aryl methyl sites for hydroxylation is 1. The maximum atomic E-state index is 12.5. The second-order valence-corrected chi connectivity index (χ2v) is 5.11. The monoisotopic (exact) mass is 277 g/mol. The van der Waals surface area contributed by atoms with E-state index in [4.69, 9.17) is 0 Å². The van der Waals surface area contributed by atoms with E-state index in [1.807, 2.05) is 7.05 Å². The highest BCUT2D eigenvalue weighted by molar-refractivity contribution is 5.98. The van der Waals surface area contributed by atoms with E-state index in [2.05, 4.69) is 5.32 Å². The summed E-state index contributed by atoms with van der Waals surface area (Å²) in [6.07, 6.45) is 1.94. The Labute approximate surface area is 117 Å². The lowest BCUT2D eigenvalue weighted by Gasteiger charge is -2.32. The van der Waals surface area contributed by atoms with Crippen molar-refractivity contribution in [3.8, 4) is 0 Å². The molecule has 0 saturated carbocycles. The molecule has 0 spiro atoms. The Morgan fingerprint density at radius 1 is 1.50 bits per heavy atom. The number of amides is 1. The molecule has 1 heterocycles. The number of carbonyl (C=O) groups excluding carboxylic acids is 1. The van der Waals surface area contributed by atoms with E-state index in [0.29, 0.717) is 18.7 Å². The van der Waals surface area contributed by atoms with Gasteiger partial charge in [0, 0.05) is 24.7 Å². The second-order valence-electron chi connectivity index (χ2n) is 5.11. The number of nitrogens with zero attached hydrogens (tertiary/aromatic N) is 2. The van der Waals surface area contributed by atoms with Gasteiger partial charge in [0.1, 0.15) is 5.56 Å². The summed E-state index contributed by atoms with van der Waals surface area (Å²) in [4.78, 5) is 24.9. The van der Waals surface area contributed by atoms with Gasteiger partial charge in [0.15, 0.2) is 0 Å². The quantitative estimate of drug-likeness (QED) is 0.674. The summed E-state index contributed by atoms with van der Waals surface area (Å²) in [5, 5.41) is 14.3. The number of para-hydroxylation sites is 1. The Hall–Kier alpha value is -1.95. The van der Waals surface area contributed by atoms with Crippen LogP contribution in [0.25, 0.3) is 0 Å². The van der Waals surface area contributed by atoms with Crippen LogP contribution in [0.15, 0.2) is 18.2 Å². The fourth-order valence-corrected chi connectivity index (χ4v) is 2.64. The van der Waals surface area contributed by atoms with Crippen molar-refractivity contribution in [2.75, 3.05) is 20.1 Å². The number of nitro benzene ring substituents is 1. The van der Waals surface area contributed by atoms with Gasteiger partial charge in [-0.05, 0) is 32.9 Å². The van der Waals surface area contributed by atoms with Crippen molar-refractivity contribution in [1.29, 1.82) is 0 Å². The van der Waals surface area contributed by atoms with Crippen LogP contribution >= 0.6 is 0 Å². The molecule has 1 aromatic rings. The highest BCUT2D eigenvalue weighted by Gasteiger charge is 2.29. The first kappa shape index (κ1) is 14.5. The van der Waals surface area contributed by atoms with E-state index in [9.17, 15) is 14.9 Å². The minimum Gasteiger partial charge on any atom is -0.337 e. The van der Waals surface area contributed by atoms with Gasteiger partial charge >= 0.3 is 0 Å². The molecule has 0 radical (unpaired) electrons. The van der Waals surface area contributed by atoms with Crippen LogP contribution in [0.4, 0.5) is 5.69 Å². The van der Waals surface area contributed by atoms with Gasteiger partial charge < -0.3 is 10.2 Å². The van der Waals surface area contributed by atoms with Gasteiger partial charge in [-0.15, -0.1) is 0 Å². The van der Waals surface area contributed by atoms with E-state index in [0.717, 1.165) is 12.8 Å². The predicted octanol–water partition coefficient (Wildman–Crippen LogP) is 1.73. The van der Waals surface area contributed by atoms with Gasteiger partial charge in [0.2, 0.25) is 0 Å². The van der Waals surface area contributed by atoms with Gasteiger partial charge in [0.05, 0.1) is 4.92 Å². The lowest BCUT2D eigenvalue weighted by Crippen LogP contribution is -2.47. The van der Waals surface area contributed by atoms with Crippen LogP contribution in [0.2, 0.25) is 0 Å². The lowest BCUT2D eigenvalue weighted by molar-refractivity contribution is -0.385. The fraction of sp³-hybridized carbons (Fsp3) is 0.500. The number of likely N-dealkylation sites (N-methyl/N-ethyl adjacent to an activating group) is 1. The van der Waals surface area contributed by atoms with Crippen molar-refractivity contribution in [2.24, 2.45) is 0 Å². The van der Waals surface area contributed by atoms with Crippen molar-refractivity contribution < 1.29 is 9.72 Å². The molecule has 0 aromatic heterocycles. The molecule has 1 aliphatic rings. The minimum absolute atomic E-state index is 0.0796. The SMILES string of the molecule is CNC1CCCN(C(=O)c2cccc(C)c2[N+](=O)[O-])C1. The van der Waals surface area contributed by atoms with Crippen LogP contribution in [-0.2, 0) is 0 Å². The average molecular weight is 277 g/mol. The Kier molecular flexibility index (Phi) is 4.34. The molecule has 1 N–H and O–H groups in total. The molecule has 1 atom stereocenters. The van der Waals surface area contributed by atoms with Crippen LogP contribution in [0.5, 0.6) is 0 Å². The summed E-state index contributed by atoms with van der Waals surface area (Å²) < 4.78 is 0. The van der Waals surface area contributed by atoms with Crippen molar-refractivity contribution in [3.05, 3.63) is 39.4 Å². The molecule has 6 nitrogen and oxygen atoms in total.